The molecule has 0 amide bonds. The normalized spacial score (nSPS) is 16.6. The highest BCUT2D eigenvalue weighted by molar-refractivity contribution is 14.0. The minimum Gasteiger partial charge on any atom is -0.386 e. The van der Waals surface area contributed by atoms with Crippen LogP contribution in [0.15, 0.2) is 29.3 Å². The first-order valence-corrected chi connectivity index (χ1v) is 10.9. The highest BCUT2D eigenvalue weighted by Gasteiger charge is 2.15. The van der Waals surface area contributed by atoms with Crippen LogP contribution in [-0.4, -0.2) is 56.6 Å². The molecule has 1 atom stereocenters. The average Bonchev–Trinajstić information content (AvgIpc) is 2.71. The molecule has 0 aliphatic carbocycles. The van der Waals surface area contributed by atoms with Crippen LogP contribution in [0.1, 0.15) is 64.2 Å². The van der Waals surface area contributed by atoms with Crippen molar-refractivity contribution >= 4 is 29.9 Å². The van der Waals surface area contributed by atoms with E-state index in [-0.39, 0.29) is 29.4 Å². The number of rotatable bonds is 9. The second kappa shape index (κ2) is 14.2. The van der Waals surface area contributed by atoms with Gasteiger partial charge in [-0.05, 0) is 42.7 Å². The van der Waals surface area contributed by atoms with Gasteiger partial charge in [-0.25, -0.2) is 0 Å². The van der Waals surface area contributed by atoms with Crippen LogP contribution in [0.5, 0.6) is 0 Å². The molecule has 2 rings (SSSR count). The van der Waals surface area contributed by atoms with Gasteiger partial charge in [0.05, 0.1) is 18.8 Å². The van der Waals surface area contributed by atoms with E-state index in [1.165, 1.54) is 5.56 Å². The highest BCUT2D eigenvalue weighted by atomic mass is 127. The summed E-state index contributed by atoms with van der Waals surface area (Å²) in [6.07, 6.45) is 2.62. The van der Waals surface area contributed by atoms with Crippen LogP contribution in [0, 0.1) is 0 Å². The minimum absolute atomic E-state index is 0. The smallest absolute Gasteiger partial charge is 0.191 e. The zero-order chi connectivity index (χ0) is 21.1. The number of benzene rings is 1. The Labute approximate surface area is 199 Å². The molecule has 1 aliphatic rings. The van der Waals surface area contributed by atoms with E-state index in [0.29, 0.717) is 12.6 Å². The Bertz CT molecular complexity index is 611. The molecular weight excluding hydrogens is 493 g/mol. The number of aliphatic imine (C=N–C) groups is 1. The average molecular weight is 533 g/mol. The molecule has 1 unspecified atom stereocenters. The Balaban J connectivity index is 0.00000450. The lowest BCUT2D eigenvalue weighted by atomic mass is 9.86. The predicted octanol–water partition coefficient (Wildman–Crippen LogP) is 3.78. The summed E-state index contributed by atoms with van der Waals surface area (Å²) in [4.78, 5) is 4.54. The van der Waals surface area contributed by atoms with E-state index in [0.717, 1.165) is 63.7 Å². The van der Waals surface area contributed by atoms with Crippen LogP contribution in [0.2, 0.25) is 0 Å². The molecule has 3 N–H and O–H groups in total. The van der Waals surface area contributed by atoms with Gasteiger partial charge >= 0.3 is 0 Å². The van der Waals surface area contributed by atoms with Crippen molar-refractivity contribution in [3.05, 3.63) is 35.4 Å². The molecule has 0 radical (unpaired) electrons. The topological polar surface area (TPSA) is 75.1 Å². The summed E-state index contributed by atoms with van der Waals surface area (Å²) in [7, 11) is 0. The summed E-state index contributed by atoms with van der Waals surface area (Å²) in [6.45, 7) is 12.8. The SMILES string of the molecule is CCNC(=NCC(O)c1ccc(C(C)(C)C)cc1)NCCCOC1CCOCC1.I. The number of guanidine groups is 1. The number of hydrogen-bond donors (Lipinski definition) is 3. The van der Waals surface area contributed by atoms with Crippen LogP contribution in [0.4, 0.5) is 0 Å². The molecule has 0 saturated carbocycles. The maximum Gasteiger partial charge on any atom is 0.191 e. The van der Waals surface area contributed by atoms with Crippen molar-refractivity contribution < 1.29 is 14.6 Å². The number of nitrogens with zero attached hydrogens (tertiary/aromatic N) is 1. The van der Waals surface area contributed by atoms with E-state index in [4.69, 9.17) is 9.47 Å². The summed E-state index contributed by atoms with van der Waals surface area (Å²) in [5.41, 5.74) is 2.26. The molecule has 0 aromatic heterocycles. The lowest BCUT2D eigenvalue weighted by molar-refractivity contribution is -0.0320. The monoisotopic (exact) mass is 533 g/mol. The summed E-state index contributed by atoms with van der Waals surface area (Å²) in [6, 6.07) is 8.16. The Morgan fingerprint density at radius 2 is 1.87 bits per heavy atom. The first kappa shape index (κ1) is 27.1. The molecular formula is C23H40IN3O3. The van der Waals surface area contributed by atoms with Gasteiger partial charge in [0.1, 0.15) is 0 Å². The fraction of sp³-hybridized carbons (Fsp3) is 0.696. The Kier molecular flexibility index (Phi) is 12.9. The van der Waals surface area contributed by atoms with Gasteiger partial charge in [-0.1, -0.05) is 45.0 Å². The third-order valence-electron chi connectivity index (χ3n) is 5.06. The summed E-state index contributed by atoms with van der Waals surface area (Å²) in [5.74, 6) is 0.726. The number of aliphatic hydroxyl groups excluding tert-OH is 1. The first-order valence-electron chi connectivity index (χ1n) is 10.9. The van der Waals surface area contributed by atoms with Crippen molar-refractivity contribution in [2.45, 2.75) is 64.6 Å². The van der Waals surface area contributed by atoms with Crippen molar-refractivity contribution in [2.24, 2.45) is 4.99 Å². The lowest BCUT2D eigenvalue weighted by Gasteiger charge is -2.22. The first-order chi connectivity index (χ1) is 13.9. The molecule has 1 heterocycles. The second-order valence-corrected chi connectivity index (χ2v) is 8.57. The molecule has 0 bridgehead atoms. The van der Waals surface area contributed by atoms with Crippen LogP contribution < -0.4 is 10.6 Å². The number of aliphatic hydroxyl groups is 1. The van der Waals surface area contributed by atoms with Crippen LogP contribution in [-0.2, 0) is 14.9 Å². The fourth-order valence-corrected chi connectivity index (χ4v) is 3.20. The zero-order valence-corrected chi connectivity index (χ0v) is 21.3. The second-order valence-electron chi connectivity index (χ2n) is 8.57. The molecule has 1 aromatic carbocycles. The molecule has 0 spiro atoms. The van der Waals surface area contributed by atoms with Crippen molar-refractivity contribution in [3.63, 3.8) is 0 Å². The number of hydrogen-bond acceptors (Lipinski definition) is 4. The van der Waals surface area contributed by atoms with Crippen LogP contribution in [0.25, 0.3) is 0 Å². The summed E-state index contributed by atoms with van der Waals surface area (Å²) >= 11 is 0. The third kappa shape index (κ3) is 9.94. The van der Waals surface area contributed by atoms with E-state index in [1.807, 2.05) is 19.1 Å². The Hall–Kier alpha value is -0.900. The van der Waals surface area contributed by atoms with E-state index < -0.39 is 6.10 Å². The van der Waals surface area contributed by atoms with Gasteiger partial charge in [-0.15, -0.1) is 24.0 Å². The van der Waals surface area contributed by atoms with Crippen molar-refractivity contribution in [2.75, 3.05) is 39.5 Å². The van der Waals surface area contributed by atoms with E-state index >= 15 is 0 Å². The van der Waals surface area contributed by atoms with Crippen molar-refractivity contribution in [1.82, 2.24) is 10.6 Å². The fourth-order valence-electron chi connectivity index (χ4n) is 3.20. The lowest BCUT2D eigenvalue weighted by Crippen LogP contribution is -2.38. The Morgan fingerprint density at radius 1 is 1.20 bits per heavy atom. The maximum atomic E-state index is 10.5. The Morgan fingerprint density at radius 3 is 2.47 bits per heavy atom. The minimum atomic E-state index is -0.615. The van der Waals surface area contributed by atoms with Gasteiger partial charge in [-0.3, -0.25) is 4.99 Å². The van der Waals surface area contributed by atoms with Crippen LogP contribution in [0.3, 0.4) is 0 Å². The van der Waals surface area contributed by atoms with Crippen molar-refractivity contribution in [3.8, 4) is 0 Å². The third-order valence-corrected chi connectivity index (χ3v) is 5.06. The summed E-state index contributed by atoms with van der Waals surface area (Å²) in [5, 5.41) is 17.0. The number of ether oxygens (including phenoxy) is 2. The van der Waals surface area contributed by atoms with E-state index in [9.17, 15) is 5.11 Å². The molecule has 6 nitrogen and oxygen atoms in total. The molecule has 30 heavy (non-hydrogen) atoms. The van der Waals surface area contributed by atoms with Gasteiger partial charge < -0.3 is 25.2 Å². The molecule has 7 heteroatoms. The van der Waals surface area contributed by atoms with Gasteiger partial charge in [-0.2, -0.15) is 0 Å². The van der Waals surface area contributed by atoms with Gasteiger partial charge in [0.15, 0.2) is 5.96 Å². The van der Waals surface area contributed by atoms with Gasteiger partial charge in [0, 0.05) is 32.9 Å². The molecule has 172 valence electrons. The van der Waals surface area contributed by atoms with Crippen LogP contribution >= 0.6 is 24.0 Å². The zero-order valence-electron chi connectivity index (χ0n) is 18.9. The molecule has 1 fully saturated rings. The molecule has 1 aliphatic heterocycles. The quantitative estimate of drug-likeness (QED) is 0.195. The van der Waals surface area contributed by atoms with Gasteiger partial charge in [0.25, 0.3) is 0 Å². The largest absolute Gasteiger partial charge is 0.386 e. The van der Waals surface area contributed by atoms with E-state index in [1.54, 1.807) is 0 Å². The molecule has 1 aromatic rings. The maximum absolute atomic E-state index is 10.5. The summed E-state index contributed by atoms with van der Waals surface area (Å²) < 4.78 is 11.2. The van der Waals surface area contributed by atoms with Crippen molar-refractivity contribution in [1.29, 1.82) is 0 Å². The molecule has 1 saturated heterocycles. The van der Waals surface area contributed by atoms with E-state index in [2.05, 4.69) is 48.5 Å². The predicted molar refractivity (Wildman–Crippen MR) is 134 cm³/mol. The standard InChI is InChI=1S/C23H39N3O3.HI/c1-5-24-22(25-13-6-14-29-20-11-15-28-16-12-20)26-17-21(27)18-7-9-19(10-8-18)23(2,3)4;/h7-10,20-21,27H,5-6,11-17H2,1-4H3,(H2,24,25,26);1H. The highest BCUT2D eigenvalue weighted by Crippen LogP contribution is 2.24. The number of halogens is 1. The number of nitrogens with one attached hydrogen (secondary N) is 2. The van der Waals surface area contributed by atoms with Gasteiger partial charge in [0.2, 0.25) is 0 Å².